The molecule has 2 rings (SSSR count). The highest BCUT2D eigenvalue weighted by atomic mass is 35.5. The molecule has 1 saturated heterocycles. The predicted molar refractivity (Wildman–Crippen MR) is 73.2 cm³/mol. The molecule has 1 heterocycles. The lowest BCUT2D eigenvalue weighted by Gasteiger charge is -2.41. The standard InChI is InChI=1S/C14H20ClFN2/c1-2-18-7-3-4-11(9-17)14(18)10-5-6-13(16)12(15)8-10/h5-6,8,11,14H,2-4,7,9,17H2,1H3. The minimum Gasteiger partial charge on any atom is -0.330 e. The Hall–Kier alpha value is -0.640. The van der Waals surface area contributed by atoms with E-state index in [1.807, 2.05) is 6.07 Å². The number of nitrogens with zero attached hydrogens (tertiary/aromatic N) is 1. The summed E-state index contributed by atoms with van der Waals surface area (Å²) in [5.74, 6) is 0.0730. The van der Waals surface area contributed by atoms with Gasteiger partial charge in [0.1, 0.15) is 5.82 Å². The molecular weight excluding hydrogens is 251 g/mol. The topological polar surface area (TPSA) is 29.3 Å². The van der Waals surface area contributed by atoms with E-state index in [0.717, 1.165) is 25.1 Å². The van der Waals surface area contributed by atoms with Gasteiger partial charge < -0.3 is 5.73 Å². The van der Waals surface area contributed by atoms with Gasteiger partial charge in [0, 0.05) is 6.04 Å². The quantitative estimate of drug-likeness (QED) is 0.914. The van der Waals surface area contributed by atoms with Gasteiger partial charge in [0.2, 0.25) is 0 Å². The average molecular weight is 271 g/mol. The maximum atomic E-state index is 13.3. The molecule has 18 heavy (non-hydrogen) atoms. The summed E-state index contributed by atoms with van der Waals surface area (Å²) >= 11 is 5.89. The third-order valence-electron chi connectivity index (χ3n) is 3.85. The molecule has 0 bridgehead atoms. The highest BCUT2D eigenvalue weighted by molar-refractivity contribution is 6.30. The van der Waals surface area contributed by atoms with Gasteiger partial charge in [-0.1, -0.05) is 24.6 Å². The number of halogens is 2. The van der Waals surface area contributed by atoms with Crippen LogP contribution < -0.4 is 5.73 Å². The summed E-state index contributed by atoms with van der Waals surface area (Å²) in [5.41, 5.74) is 6.96. The van der Waals surface area contributed by atoms with Crippen LogP contribution in [0, 0.1) is 11.7 Å². The van der Waals surface area contributed by atoms with Crippen molar-refractivity contribution in [3.63, 3.8) is 0 Å². The summed E-state index contributed by atoms with van der Waals surface area (Å²) in [6.07, 6.45) is 2.31. The minimum atomic E-state index is -0.358. The molecule has 0 radical (unpaired) electrons. The Labute approximate surface area is 113 Å². The molecule has 1 aliphatic heterocycles. The van der Waals surface area contributed by atoms with E-state index >= 15 is 0 Å². The van der Waals surface area contributed by atoms with Crippen LogP contribution in [0.5, 0.6) is 0 Å². The van der Waals surface area contributed by atoms with Crippen molar-refractivity contribution in [2.75, 3.05) is 19.6 Å². The van der Waals surface area contributed by atoms with Crippen molar-refractivity contribution in [1.29, 1.82) is 0 Å². The van der Waals surface area contributed by atoms with Crippen LogP contribution in [0.4, 0.5) is 4.39 Å². The highest BCUT2D eigenvalue weighted by Gasteiger charge is 2.31. The van der Waals surface area contributed by atoms with Gasteiger partial charge in [-0.05, 0) is 56.1 Å². The molecule has 1 aliphatic rings. The van der Waals surface area contributed by atoms with E-state index in [9.17, 15) is 4.39 Å². The Kier molecular flexibility index (Phi) is 4.60. The van der Waals surface area contributed by atoms with E-state index in [1.54, 1.807) is 6.07 Å². The Morgan fingerprint density at radius 1 is 1.50 bits per heavy atom. The average Bonchev–Trinajstić information content (AvgIpc) is 2.41. The summed E-state index contributed by atoms with van der Waals surface area (Å²) in [4.78, 5) is 2.41. The summed E-state index contributed by atoms with van der Waals surface area (Å²) in [7, 11) is 0. The van der Waals surface area contributed by atoms with Gasteiger partial charge >= 0.3 is 0 Å². The Morgan fingerprint density at radius 2 is 2.28 bits per heavy atom. The van der Waals surface area contributed by atoms with Crippen LogP contribution in [-0.4, -0.2) is 24.5 Å². The number of rotatable bonds is 3. The first-order chi connectivity index (χ1) is 8.67. The number of benzene rings is 1. The van der Waals surface area contributed by atoms with E-state index in [-0.39, 0.29) is 16.9 Å². The molecule has 100 valence electrons. The SMILES string of the molecule is CCN1CCCC(CN)C1c1ccc(F)c(Cl)c1. The van der Waals surface area contributed by atoms with Crippen LogP contribution in [0.15, 0.2) is 18.2 Å². The zero-order chi connectivity index (χ0) is 13.1. The van der Waals surface area contributed by atoms with Gasteiger partial charge in [0.15, 0.2) is 0 Å². The van der Waals surface area contributed by atoms with Crippen LogP contribution in [-0.2, 0) is 0 Å². The normalized spacial score (nSPS) is 25.3. The second kappa shape index (κ2) is 6.00. The van der Waals surface area contributed by atoms with E-state index in [0.29, 0.717) is 12.5 Å². The number of hydrogen-bond donors (Lipinski definition) is 1. The van der Waals surface area contributed by atoms with Crippen molar-refractivity contribution in [2.45, 2.75) is 25.8 Å². The molecule has 0 saturated carbocycles. The maximum absolute atomic E-state index is 13.3. The van der Waals surface area contributed by atoms with Crippen LogP contribution in [0.2, 0.25) is 5.02 Å². The smallest absolute Gasteiger partial charge is 0.141 e. The monoisotopic (exact) mass is 270 g/mol. The first-order valence-corrected chi connectivity index (χ1v) is 6.94. The van der Waals surface area contributed by atoms with Gasteiger partial charge in [0.05, 0.1) is 5.02 Å². The van der Waals surface area contributed by atoms with E-state index < -0.39 is 0 Å². The van der Waals surface area contributed by atoms with Gasteiger partial charge in [0.25, 0.3) is 0 Å². The van der Waals surface area contributed by atoms with Crippen LogP contribution in [0.1, 0.15) is 31.4 Å². The van der Waals surface area contributed by atoms with Crippen molar-refractivity contribution < 1.29 is 4.39 Å². The first kappa shape index (κ1) is 13.8. The van der Waals surface area contributed by atoms with E-state index in [4.69, 9.17) is 17.3 Å². The zero-order valence-corrected chi connectivity index (χ0v) is 11.5. The Balaban J connectivity index is 2.32. The number of nitrogens with two attached hydrogens (primary N) is 1. The lowest BCUT2D eigenvalue weighted by Crippen LogP contribution is -2.41. The maximum Gasteiger partial charge on any atom is 0.141 e. The molecule has 0 aliphatic carbocycles. The lowest BCUT2D eigenvalue weighted by molar-refractivity contribution is 0.102. The summed E-state index contributed by atoms with van der Waals surface area (Å²) in [5, 5.41) is 0.199. The molecule has 2 N–H and O–H groups in total. The largest absolute Gasteiger partial charge is 0.330 e. The highest BCUT2D eigenvalue weighted by Crippen LogP contribution is 2.36. The Bertz CT molecular complexity index is 399. The van der Waals surface area contributed by atoms with Crippen LogP contribution >= 0.6 is 11.6 Å². The number of likely N-dealkylation sites (tertiary alicyclic amines) is 1. The lowest BCUT2D eigenvalue weighted by atomic mass is 9.84. The third-order valence-corrected chi connectivity index (χ3v) is 4.14. The van der Waals surface area contributed by atoms with Gasteiger partial charge in [-0.15, -0.1) is 0 Å². The van der Waals surface area contributed by atoms with E-state index in [1.165, 1.54) is 12.5 Å². The van der Waals surface area contributed by atoms with Crippen molar-refractivity contribution in [2.24, 2.45) is 11.7 Å². The van der Waals surface area contributed by atoms with Crippen LogP contribution in [0.3, 0.4) is 0 Å². The molecule has 2 unspecified atom stereocenters. The zero-order valence-electron chi connectivity index (χ0n) is 10.7. The minimum absolute atomic E-state index is 0.199. The van der Waals surface area contributed by atoms with Gasteiger partial charge in [-0.3, -0.25) is 4.90 Å². The van der Waals surface area contributed by atoms with Crippen molar-refractivity contribution in [1.82, 2.24) is 4.90 Å². The Morgan fingerprint density at radius 3 is 2.89 bits per heavy atom. The molecular formula is C14H20ClFN2. The molecule has 1 fully saturated rings. The third kappa shape index (κ3) is 2.68. The summed E-state index contributed by atoms with van der Waals surface area (Å²) < 4.78 is 13.3. The van der Waals surface area contributed by atoms with Gasteiger partial charge in [-0.2, -0.15) is 0 Å². The molecule has 1 aromatic carbocycles. The molecule has 4 heteroatoms. The molecule has 2 atom stereocenters. The molecule has 0 amide bonds. The second-order valence-electron chi connectivity index (χ2n) is 4.88. The van der Waals surface area contributed by atoms with Crippen LogP contribution in [0.25, 0.3) is 0 Å². The summed E-state index contributed by atoms with van der Waals surface area (Å²) in [6, 6.07) is 5.31. The van der Waals surface area contributed by atoms with Gasteiger partial charge in [-0.25, -0.2) is 4.39 Å². The van der Waals surface area contributed by atoms with E-state index in [2.05, 4.69) is 11.8 Å². The number of hydrogen-bond acceptors (Lipinski definition) is 2. The fourth-order valence-electron chi connectivity index (χ4n) is 2.93. The molecule has 1 aromatic rings. The molecule has 0 spiro atoms. The second-order valence-corrected chi connectivity index (χ2v) is 5.29. The summed E-state index contributed by atoms with van der Waals surface area (Å²) in [6.45, 7) is 4.87. The van der Waals surface area contributed by atoms with Crippen molar-refractivity contribution in [3.05, 3.63) is 34.6 Å². The van der Waals surface area contributed by atoms with Crippen molar-refractivity contribution in [3.8, 4) is 0 Å². The number of piperidine rings is 1. The van der Waals surface area contributed by atoms with Crippen molar-refractivity contribution >= 4 is 11.6 Å². The molecule has 0 aromatic heterocycles. The fraction of sp³-hybridized carbons (Fsp3) is 0.571. The predicted octanol–water partition coefficient (Wildman–Crippen LogP) is 3.21. The fourth-order valence-corrected chi connectivity index (χ4v) is 3.12. The molecule has 2 nitrogen and oxygen atoms in total. The first-order valence-electron chi connectivity index (χ1n) is 6.56.